The largest absolute Gasteiger partial charge is 0.417 e. The standard InChI is InChI=1S/C64H78F5N9O8S/c1-37-33-77(34-38(2)76(37)7)51-23-21-42(28-50(51)74-58(83)46-32-71-54(81)30-47(46)64(67,68)69)45-22-20-43(27-48(45)65)53(80)15-13-11-9-8-10-12-14-26-70-55(82)31-49(40-16-18-41(19-17-40)56-39(3)72-36-87-56)73-59(84)52-29-44(79)35-78(52)60(85)57(62(4,5)6)75-61(86)63(66)24-25-63/h16-23,27-28,30,32,36-38,44,49,52,57,79H,8-15,24-26,29,31,33-35H2,1-7H3,(H,70,82)(H,71,81)(H,73,84)(H,74,83)(H,75,86)/t37-,38+,44-,49+,52+,57-/m1/s1. The second kappa shape index (κ2) is 27.8. The van der Waals surface area contributed by atoms with E-state index in [1.807, 2.05) is 57.0 Å². The molecule has 8 rings (SSSR count). The summed E-state index contributed by atoms with van der Waals surface area (Å²) in [5.74, 6) is -4.47. The molecule has 0 unspecified atom stereocenters. The number of β-amino-alcohol motifs (C(OH)–C–C–N with tert-alkyl or cyclic N) is 1. The lowest BCUT2D eigenvalue weighted by Gasteiger charge is -2.44. The predicted octanol–water partition coefficient (Wildman–Crippen LogP) is 10.1. The van der Waals surface area contributed by atoms with Gasteiger partial charge in [0.15, 0.2) is 11.5 Å². The van der Waals surface area contributed by atoms with Gasteiger partial charge in [-0.3, -0.25) is 38.5 Å². The molecule has 0 bridgehead atoms. The van der Waals surface area contributed by atoms with Crippen LogP contribution in [-0.4, -0.2) is 129 Å². The molecule has 468 valence electrons. The zero-order chi connectivity index (χ0) is 63.1. The molecule has 4 heterocycles. The highest BCUT2D eigenvalue weighted by Crippen LogP contribution is 2.41. The van der Waals surface area contributed by atoms with Gasteiger partial charge in [-0.05, 0) is 93.8 Å². The molecular weight excluding hydrogens is 1150 g/mol. The molecule has 1 aliphatic carbocycles. The fourth-order valence-electron chi connectivity index (χ4n) is 11.3. The third-order valence-corrected chi connectivity index (χ3v) is 17.8. The number of benzene rings is 3. The lowest BCUT2D eigenvalue weighted by molar-refractivity contribution is -0.145. The first-order chi connectivity index (χ1) is 41.1. The van der Waals surface area contributed by atoms with Crippen molar-refractivity contribution < 1.29 is 55.8 Å². The number of ketones is 1. The van der Waals surface area contributed by atoms with Crippen molar-refractivity contribution in [3.05, 3.63) is 123 Å². The number of nitrogens with zero attached hydrogens (tertiary/aromatic N) is 4. The first-order valence-electron chi connectivity index (χ1n) is 29.7. The van der Waals surface area contributed by atoms with E-state index in [0.717, 1.165) is 60.5 Å². The minimum atomic E-state index is -5.00. The van der Waals surface area contributed by atoms with Crippen molar-refractivity contribution in [2.24, 2.45) is 5.41 Å². The topological polar surface area (TPSA) is 226 Å². The average molecular weight is 1230 g/mol. The molecule has 2 aromatic heterocycles. The molecule has 5 amide bonds. The summed E-state index contributed by atoms with van der Waals surface area (Å²) in [6.45, 7) is 12.4. The SMILES string of the molecule is Cc1ncsc1-c1ccc([C@H](CC(=O)NCCCCCCCCCC(=O)c2ccc(-c3ccc(N4C[C@@H](C)N(C)[C@@H](C)C4)c(NC(=O)c4c[nH]c(=O)cc4C(F)(F)F)c3)c(F)c2)NC(=O)[C@@H]2C[C@@H](O)CN2C(=O)[C@@H](NC(=O)C2(F)CC2)C(C)(C)C)cc1. The maximum atomic E-state index is 16.0. The Bertz CT molecular complexity index is 3370. The molecule has 87 heavy (non-hydrogen) atoms. The lowest BCUT2D eigenvalue weighted by Crippen LogP contribution is -2.59. The molecule has 17 nitrogen and oxygen atoms in total. The van der Waals surface area contributed by atoms with Crippen molar-refractivity contribution in [2.75, 3.05) is 43.4 Å². The Hall–Kier alpha value is -7.37. The highest BCUT2D eigenvalue weighted by atomic mass is 32.1. The molecule has 3 aliphatic rings. The second-order valence-corrected chi connectivity index (χ2v) is 25.4. The van der Waals surface area contributed by atoms with Crippen LogP contribution in [0, 0.1) is 18.2 Å². The van der Waals surface area contributed by atoms with Crippen molar-refractivity contribution in [3.8, 4) is 21.6 Å². The van der Waals surface area contributed by atoms with Crippen LogP contribution in [0.5, 0.6) is 0 Å². The van der Waals surface area contributed by atoms with E-state index < -0.39 is 87.6 Å². The van der Waals surface area contributed by atoms with Gasteiger partial charge in [-0.15, -0.1) is 11.3 Å². The van der Waals surface area contributed by atoms with Crippen molar-refractivity contribution >= 4 is 58.0 Å². The Morgan fingerprint density at radius 2 is 1.51 bits per heavy atom. The number of thiazole rings is 1. The lowest BCUT2D eigenvalue weighted by atomic mass is 9.85. The number of aliphatic hydroxyl groups is 1. The molecule has 1 saturated carbocycles. The molecular formula is C64H78F5N9O8S. The van der Waals surface area contributed by atoms with Gasteiger partial charge in [0, 0.05) is 74.5 Å². The smallest absolute Gasteiger partial charge is 0.391 e. The van der Waals surface area contributed by atoms with E-state index in [1.165, 1.54) is 34.4 Å². The van der Waals surface area contributed by atoms with Crippen LogP contribution in [0.25, 0.3) is 21.6 Å². The summed E-state index contributed by atoms with van der Waals surface area (Å²) in [5, 5.41) is 21.9. The van der Waals surface area contributed by atoms with Gasteiger partial charge >= 0.3 is 6.18 Å². The Morgan fingerprint density at radius 3 is 2.13 bits per heavy atom. The van der Waals surface area contributed by atoms with Crippen LogP contribution in [-0.2, 0) is 25.4 Å². The first-order valence-corrected chi connectivity index (χ1v) is 30.6. The van der Waals surface area contributed by atoms with Crippen LogP contribution in [0.1, 0.15) is 155 Å². The number of alkyl halides is 4. The number of aryl methyl sites for hydroxylation is 1. The van der Waals surface area contributed by atoms with Gasteiger partial charge in [-0.1, -0.05) is 95.3 Å². The minimum Gasteiger partial charge on any atom is -0.391 e. The van der Waals surface area contributed by atoms with Crippen LogP contribution in [0.3, 0.4) is 0 Å². The van der Waals surface area contributed by atoms with Crippen molar-refractivity contribution in [3.63, 3.8) is 0 Å². The number of halogens is 5. The third-order valence-electron chi connectivity index (χ3n) is 16.8. The number of rotatable bonds is 24. The monoisotopic (exact) mass is 1230 g/mol. The zero-order valence-electron chi connectivity index (χ0n) is 50.2. The summed E-state index contributed by atoms with van der Waals surface area (Å²) < 4.78 is 72.8. The van der Waals surface area contributed by atoms with E-state index in [-0.39, 0.29) is 79.2 Å². The maximum absolute atomic E-state index is 16.0. The number of aliphatic hydroxyl groups excluding tert-OH is 1. The van der Waals surface area contributed by atoms with Crippen LogP contribution in [0.2, 0.25) is 0 Å². The molecule has 2 aliphatic heterocycles. The Morgan fingerprint density at radius 1 is 0.851 bits per heavy atom. The summed E-state index contributed by atoms with van der Waals surface area (Å²) in [4.78, 5) is 106. The number of carbonyl (C=O) groups excluding carboxylic acids is 6. The fraction of sp³-hybridized carbons (Fsp3) is 0.500. The van der Waals surface area contributed by atoms with Crippen LogP contribution < -0.4 is 31.7 Å². The van der Waals surface area contributed by atoms with E-state index in [2.05, 4.69) is 36.1 Å². The molecule has 2 saturated heterocycles. The number of anilines is 2. The van der Waals surface area contributed by atoms with E-state index in [0.29, 0.717) is 55.4 Å². The number of carbonyl (C=O) groups is 6. The number of hydrogen-bond donors (Lipinski definition) is 6. The van der Waals surface area contributed by atoms with Gasteiger partial charge in [-0.2, -0.15) is 13.2 Å². The van der Waals surface area contributed by atoms with Gasteiger partial charge in [0.1, 0.15) is 17.9 Å². The number of hydrogen-bond acceptors (Lipinski definition) is 12. The first kappa shape index (κ1) is 65.6. The average Bonchev–Trinajstić information content (AvgIpc) is 2.00. The maximum Gasteiger partial charge on any atom is 0.417 e. The van der Waals surface area contributed by atoms with Gasteiger partial charge in [0.05, 0.1) is 57.1 Å². The summed E-state index contributed by atoms with van der Waals surface area (Å²) in [7, 11) is 1.99. The number of pyridine rings is 1. The van der Waals surface area contributed by atoms with Crippen molar-refractivity contribution in [1.82, 2.24) is 35.7 Å². The van der Waals surface area contributed by atoms with Crippen LogP contribution >= 0.6 is 11.3 Å². The van der Waals surface area contributed by atoms with Gasteiger partial charge in [-0.25, -0.2) is 13.8 Å². The van der Waals surface area contributed by atoms with E-state index in [1.54, 1.807) is 38.4 Å². The van der Waals surface area contributed by atoms with Crippen molar-refractivity contribution in [2.45, 2.75) is 167 Å². The quantitative estimate of drug-likeness (QED) is 0.0194. The Labute approximate surface area is 507 Å². The number of piperazine rings is 1. The number of amides is 5. The number of likely N-dealkylation sites (tertiary alicyclic amines) is 1. The summed E-state index contributed by atoms with van der Waals surface area (Å²) in [6.07, 6.45) is 0.233. The molecule has 6 atom stereocenters. The van der Waals surface area contributed by atoms with E-state index >= 15 is 4.39 Å². The number of H-pyrrole nitrogens is 1. The summed E-state index contributed by atoms with van der Waals surface area (Å²) in [6, 6.07) is 13.8. The third kappa shape index (κ3) is 16.4. The number of Topliss-reactive ketones (excluding diaryl/α,β-unsaturated/α-hetero) is 1. The number of nitrogens with one attached hydrogen (secondary N) is 5. The molecule has 6 N–H and O–H groups in total. The Balaban J connectivity index is 0.812. The summed E-state index contributed by atoms with van der Waals surface area (Å²) in [5.41, 5.74) is -0.696. The molecule has 0 radical (unpaired) electrons. The fourth-order valence-corrected chi connectivity index (χ4v) is 12.1. The predicted molar refractivity (Wildman–Crippen MR) is 323 cm³/mol. The number of likely N-dealkylation sites (N-methyl/N-ethyl adjacent to an activating group) is 1. The molecule has 23 heteroatoms. The molecule has 5 aromatic rings. The molecule has 0 spiro atoms. The normalized spacial score (nSPS) is 19.3. The van der Waals surface area contributed by atoms with Crippen molar-refractivity contribution in [1.29, 1.82) is 0 Å². The van der Waals surface area contributed by atoms with Crippen LogP contribution in [0.15, 0.2) is 83.2 Å². The summed E-state index contributed by atoms with van der Waals surface area (Å²) >= 11 is 1.49. The Kier molecular flexibility index (Phi) is 20.9. The zero-order valence-corrected chi connectivity index (χ0v) is 51.0. The highest BCUT2D eigenvalue weighted by molar-refractivity contribution is 7.13. The van der Waals surface area contributed by atoms with E-state index in [4.69, 9.17) is 0 Å². The molecule has 3 aromatic carbocycles. The van der Waals surface area contributed by atoms with Gasteiger partial charge in [0.2, 0.25) is 23.3 Å². The number of unbranched alkanes of at least 4 members (excludes halogenated alkanes) is 6. The van der Waals surface area contributed by atoms with Gasteiger partial charge in [0.25, 0.3) is 11.8 Å². The highest BCUT2D eigenvalue weighted by Gasteiger charge is 2.53. The van der Waals surface area contributed by atoms with Gasteiger partial charge < -0.3 is 41.2 Å². The van der Waals surface area contributed by atoms with Crippen LogP contribution in [0.4, 0.5) is 33.3 Å². The number of aromatic amines is 1. The minimum absolute atomic E-state index is 0.0584. The number of aromatic nitrogens is 2. The van der Waals surface area contributed by atoms with E-state index in [9.17, 15) is 56.2 Å². The second-order valence-electron chi connectivity index (χ2n) is 24.6. The molecule has 3 fully saturated rings.